The average Bonchev–Trinajstić information content (AvgIpc) is 2.93. The molecule has 1 aromatic carbocycles. The maximum atomic E-state index is 5.66. The van der Waals surface area contributed by atoms with Crippen molar-refractivity contribution in [1.29, 1.82) is 0 Å². The first-order chi connectivity index (χ1) is 9.10. The topological polar surface area (TPSA) is 43.3 Å². The third-order valence-corrected chi connectivity index (χ3v) is 4.42. The van der Waals surface area contributed by atoms with E-state index in [0.717, 1.165) is 10.7 Å². The molecule has 3 nitrogen and oxygen atoms in total. The van der Waals surface area contributed by atoms with Gasteiger partial charge < -0.3 is 5.73 Å². The molecular formula is C15H17N3S. The van der Waals surface area contributed by atoms with Gasteiger partial charge in [0.05, 0.1) is 11.4 Å². The van der Waals surface area contributed by atoms with Gasteiger partial charge in [-0.1, -0.05) is 6.07 Å². The van der Waals surface area contributed by atoms with Crippen LogP contribution in [0, 0.1) is 20.8 Å². The Bertz CT molecular complexity index is 752. The van der Waals surface area contributed by atoms with Gasteiger partial charge in [-0.15, -0.1) is 11.3 Å². The predicted molar refractivity (Wildman–Crippen MR) is 80.6 cm³/mol. The van der Waals surface area contributed by atoms with Crippen LogP contribution in [0.15, 0.2) is 23.7 Å². The van der Waals surface area contributed by atoms with Crippen molar-refractivity contribution in [3.05, 3.63) is 46.1 Å². The maximum Gasteiger partial charge on any atom is 0.194 e. The second kappa shape index (κ2) is 4.47. The Morgan fingerprint density at radius 2 is 1.89 bits per heavy atom. The first-order valence-corrected chi connectivity index (χ1v) is 7.22. The molecule has 0 radical (unpaired) electrons. The predicted octanol–water partition coefficient (Wildman–Crippen LogP) is 3.45. The number of nitrogens with zero attached hydrogens (tertiary/aromatic N) is 2. The first kappa shape index (κ1) is 12.4. The fourth-order valence-electron chi connectivity index (χ4n) is 2.36. The minimum Gasteiger partial charge on any atom is -0.325 e. The molecule has 0 unspecified atom stereocenters. The highest BCUT2D eigenvalue weighted by Gasteiger charge is 2.12. The number of hydrogen-bond acceptors (Lipinski definition) is 3. The Morgan fingerprint density at radius 1 is 1.16 bits per heavy atom. The van der Waals surface area contributed by atoms with Crippen molar-refractivity contribution in [2.24, 2.45) is 5.73 Å². The summed E-state index contributed by atoms with van der Waals surface area (Å²) in [6.07, 6.45) is 2.04. The van der Waals surface area contributed by atoms with Gasteiger partial charge in [-0.05, 0) is 43.5 Å². The van der Waals surface area contributed by atoms with Gasteiger partial charge in [-0.3, -0.25) is 4.40 Å². The molecule has 2 N–H and O–H groups in total. The highest BCUT2D eigenvalue weighted by Crippen LogP contribution is 2.30. The third kappa shape index (κ3) is 1.97. The summed E-state index contributed by atoms with van der Waals surface area (Å²) in [5.41, 5.74) is 13.0. The molecule has 0 spiro atoms. The van der Waals surface area contributed by atoms with E-state index in [9.17, 15) is 0 Å². The summed E-state index contributed by atoms with van der Waals surface area (Å²) >= 11 is 1.66. The second-order valence-electron chi connectivity index (χ2n) is 4.96. The van der Waals surface area contributed by atoms with Gasteiger partial charge in [0.15, 0.2) is 4.96 Å². The summed E-state index contributed by atoms with van der Waals surface area (Å²) in [5.74, 6) is 0. The molecule has 98 valence electrons. The van der Waals surface area contributed by atoms with Gasteiger partial charge in [0.1, 0.15) is 0 Å². The molecule has 0 bridgehead atoms. The Kier molecular flexibility index (Phi) is 2.92. The van der Waals surface area contributed by atoms with Gasteiger partial charge in [0.2, 0.25) is 0 Å². The van der Waals surface area contributed by atoms with Gasteiger partial charge >= 0.3 is 0 Å². The van der Waals surface area contributed by atoms with E-state index in [1.807, 2.05) is 6.20 Å². The summed E-state index contributed by atoms with van der Waals surface area (Å²) in [5, 5.41) is 2.17. The van der Waals surface area contributed by atoms with E-state index in [0.29, 0.717) is 6.54 Å². The van der Waals surface area contributed by atoms with Crippen LogP contribution < -0.4 is 5.73 Å². The highest BCUT2D eigenvalue weighted by atomic mass is 32.1. The van der Waals surface area contributed by atoms with Gasteiger partial charge in [0, 0.05) is 23.7 Å². The first-order valence-electron chi connectivity index (χ1n) is 6.34. The van der Waals surface area contributed by atoms with Crippen LogP contribution in [0.25, 0.3) is 16.2 Å². The van der Waals surface area contributed by atoms with Crippen molar-refractivity contribution in [2.45, 2.75) is 27.3 Å². The van der Waals surface area contributed by atoms with Crippen molar-refractivity contribution in [3.8, 4) is 11.3 Å². The van der Waals surface area contributed by atoms with Gasteiger partial charge in [-0.25, -0.2) is 4.98 Å². The molecule has 3 rings (SSSR count). The molecule has 0 aliphatic heterocycles. The van der Waals surface area contributed by atoms with E-state index < -0.39 is 0 Å². The average molecular weight is 271 g/mol. The summed E-state index contributed by atoms with van der Waals surface area (Å²) < 4.78 is 2.14. The van der Waals surface area contributed by atoms with Crippen LogP contribution in [0.3, 0.4) is 0 Å². The van der Waals surface area contributed by atoms with E-state index in [1.54, 1.807) is 11.3 Å². The van der Waals surface area contributed by atoms with Crippen LogP contribution in [0.5, 0.6) is 0 Å². The van der Waals surface area contributed by atoms with E-state index in [-0.39, 0.29) is 0 Å². The van der Waals surface area contributed by atoms with Crippen LogP contribution in [-0.4, -0.2) is 9.38 Å². The van der Waals surface area contributed by atoms with Gasteiger partial charge in [-0.2, -0.15) is 0 Å². The molecule has 0 saturated heterocycles. The Morgan fingerprint density at radius 3 is 2.63 bits per heavy atom. The van der Waals surface area contributed by atoms with Crippen LogP contribution in [-0.2, 0) is 6.54 Å². The Balaban J connectivity index is 2.23. The largest absolute Gasteiger partial charge is 0.325 e. The Hall–Kier alpha value is -1.65. The number of imidazole rings is 1. The van der Waals surface area contributed by atoms with Crippen molar-refractivity contribution < 1.29 is 0 Å². The molecule has 0 aliphatic rings. The zero-order valence-electron chi connectivity index (χ0n) is 11.4. The summed E-state index contributed by atoms with van der Waals surface area (Å²) in [6.45, 7) is 6.95. The number of rotatable bonds is 2. The molecule has 0 saturated carbocycles. The van der Waals surface area contributed by atoms with Crippen LogP contribution in [0.4, 0.5) is 0 Å². The lowest BCUT2D eigenvalue weighted by molar-refractivity contribution is 1.02. The highest BCUT2D eigenvalue weighted by molar-refractivity contribution is 7.15. The van der Waals surface area contributed by atoms with E-state index in [4.69, 9.17) is 5.73 Å². The van der Waals surface area contributed by atoms with E-state index in [1.165, 1.54) is 27.9 Å². The van der Waals surface area contributed by atoms with Crippen molar-refractivity contribution in [2.75, 3.05) is 0 Å². The molecule has 2 heterocycles. The zero-order valence-corrected chi connectivity index (χ0v) is 12.2. The SMILES string of the molecule is Cc1cc(C)c(-c2csc3nc(CN)cn23)cc1C. The Labute approximate surface area is 116 Å². The lowest BCUT2D eigenvalue weighted by Gasteiger charge is -2.09. The number of aryl methyl sites for hydroxylation is 3. The summed E-state index contributed by atoms with van der Waals surface area (Å²) in [6, 6.07) is 4.50. The monoisotopic (exact) mass is 271 g/mol. The van der Waals surface area contributed by atoms with E-state index >= 15 is 0 Å². The molecule has 0 atom stereocenters. The second-order valence-corrected chi connectivity index (χ2v) is 5.80. The third-order valence-electron chi connectivity index (χ3n) is 3.58. The van der Waals surface area contributed by atoms with Crippen molar-refractivity contribution in [3.63, 3.8) is 0 Å². The van der Waals surface area contributed by atoms with Crippen LogP contribution >= 0.6 is 11.3 Å². The molecule has 0 amide bonds. The number of thiazole rings is 1. The fourth-order valence-corrected chi connectivity index (χ4v) is 3.25. The van der Waals surface area contributed by atoms with Crippen molar-refractivity contribution in [1.82, 2.24) is 9.38 Å². The molecule has 0 fully saturated rings. The normalized spacial score (nSPS) is 11.4. The van der Waals surface area contributed by atoms with Gasteiger partial charge in [0.25, 0.3) is 0 Å². The van der Waals surface area contributed by atoms with Crippen molar-refractivity contribution >= 4 is 16.3 Å². The molecule has 19 heavy (non-hydrogen) atoms. The quantitative estimate of drug-likeness (QED) is 0.776. The maximum absolute atomic E-state index is 5.66. The smallest absolute Gasteiger partial charge is 0.194 e. The fraction of sp³-hybridized carbons (Fsp3) is 0.267. The molecule has 0 aliphatic carbocycles. The van der Waals surface area contributed by atoms with E-state index in [2.05, 4.69) is 47.7 Å². The number of benzene rings is 1. The van der Waals surface area contributed by atoms with Crippen LogP contribution in [0.1, 0.15) is 22.4 Å². The number of nitrogens with two attached hydrogens (primary N) is 1. The molecule has 4 heteroatoms. The summed E-state index contributed by atoms with van der Waals surface area (Å²) in [4.78, 5) is 5.51. The molecule has 2 aromatic heterocycles. The molecule has 3 aromatic rings. The van der Waals surface area contributed by atoms with Crippen LogP contribution in [0.2, 0.25) is 0 Å². The standard InChI is InChI=1S/C15H17N3S/c1-9-4-11(3)13(5-10(9)2)14-8-19-15-17-12(6-16)7-18(14)15/h4-5,7-8H,6,16H2,1-3H3. The molecular weight excluding hydrogens is 254 g/mol. The summed E-state index contributed by atoms with van der Waals surface area (Å²) in [7, 11) is 0. The minimum absolute atomic E-state index is 0.486. The lowest BCUT2D eigenvalue weighted by Crippen LogP contribution is -1.95. The zero-order chi connectivity index (χ0) is 13.6. The number of hydrogen-bond donors (Lipinski definition) is 1. The minimum atomic E-state index is 0.486. The number of aromatic nitrogens is 2. The number of fused-ring (bicyclic) bond motifs is 1. The lowest BCUT2D eigenvalue weighted by atomic mass is 9.99.